The minimum absolute atomic E-state index is 0.308. The Morgan fingerprint density at radius 3 is 2.76 bits per heavy atom. The number of imidazole rings is 1. The highest BCUT2D eigenvalue weighted by atomic mass is 35.5. The lowest BCUT2D eigenvalue weighted by molar-refractivity contribution is 0.547. The summed E-state index contributed by atoms with van der Waals surface area (Å²) in [4.78, 5) is 15.8. The highest BCUT2D eigenvalue weighted by Crippen LogP contribution is 2.39. The van der Waals surface area contributed by atoms with Gasteiger partial charge in [-0.25, -0.2) is 4.98 Å². The SMILES string of the molecule is O=NC1CCn2c(-c3ccccc3)nc3c(Cl)ccc1c32. The third kappa shape index (κ3) is 1.79. The summed E-state index contributed by atoms with van der Waals surface area (Å²) in [5, 5.41) is 3.86. The monoisotopic (exact) mass is 297 g/mol. The van der Waals surface area contributed by atoms with Crippen molar-refractivity contribution in [3.63, 3.8) is 0 Å². The second kappa shape index (κ2) is 4.67. The van der Waals surface area contributed by atoms with Crippen molar-refractivity contribution in [1.82, 2.24) is 9.55 Å². The molecular formula is C16H12ClN3O. The number of aryl methyl sites for hydroxylation is 1. The molecular weight excluding hydrogens is 286 g/mol. The van der Waals surface area contributed by atoms with Gasteiger partial charge < -0.3 is 4.57 Å². The molecule has 0 saturated carbocycles. The number of halogens is 1. The van der Waals surface area contributed by atoms with Gasteiger partial charge in [0, 0.05) is 17.7 Å². The number of rotatable bonds is 2. The van der Waals surface area contributed by atoms with Crippen LogP contribution in [0.4, 0.5) is 0 Å². The van der Waals surface area contributed by atoms with Crippen molar-refractivity contribution in [1.29, 1.82) is 0 Å². The van der Waals surface area contributed by atoms with E-state index in [1.54, 1.807) is 6.07 Å². The molecule has 0 amide bonds. The van der Waals surface area contributed by atoms with Crippen LogP contribution >= 0.6 is 11.6 Å². The Morgan fingerprint density at radius 2 is 2.00 bits per heavy atom. The van der Waals surface area contributed by atoms with E-state index in [9.17, 15) is 4.91 Å². The maximum atomic E-state index is 11.1. The van der Waals surface area contributed by atoms with Crippen LogP contribution in [-0.2, 0) is 6.54 Å². The van der Waals surface area contributed by atoms with Crippen LogP contribution < -0.4 is 0 Å². The molecule has 1 atom stereocenters. The van der Waals surface area contributed by atoms with Crippen LogP contribution in [0.15, 0.2) is 47.6 Å². The lowest BCUT2D eigenvalue weighted by Crippen LogP contribution is -2.12. The summed E-state index contributed by atoms with van der Waals surface area (Å²) in [6.45, 7) is 0.727. The van der Waals surface area contributed by atoms with Gasteiger partial charge in [0.05, 0.1) is 10.5 Å². The zero-order valence-corrected chi connectivity index (χ0v) is 11.9. The number of nitroso groups, excluding NO2 is 1. The average Bonchev–Trinajstić information content (AvgIpc) is 2.93. The summed E-state index contributed by atoms with van der Waals surface area (Å²) in [6, 6.07) is 13.4. The Labute approximate surface area is 126 Å². The molecule has 0 fully saturated rings. The van der Waals surface area contributed by atoms with Crippen molar-refractivity contribution >= 4 is 22.6 Å². The molecule has 3 aromatic rings. The van der Waals surface area contributed by atoms with E-state index in [2.05, 4.69) is 9.74 Å². The Balaban J connectivity index is 2.07. The van der Waals surface area contributed by atoms with E-state index in [0.29, 0.717) is 11.4 Å². The molecule has 1 aliphatic heterocycles. The lowest BCUT2D eigenvalue weighted by atomic mass is 9.99. The first kappa shape index (κ1) is 12.5. The molecule has 0 spiro atoms. The molecule has 0 aliphatic carbocycles. The molecule has 2 heterocycles. The predicted molar refractivity (Wildman–Crippen MR) is 83.3 cm³/mol. The van der Waals surface area contributed by atoms with Gasteiger partial charge >= 0.3 is 0 Å². The number of nitrogens with zero attached hydrogens (tertiary/aromatic N) is 3. The van der Waals surface area contributed by atoms with Crippen molar-refractivity contribution in [3.05, 3.63) is 58.0 Å². The first-order chi connectivity index (χ1) is 10.3. The van der Waals surface area contributed by atoms with Gasteiger partial charge in [0.1, 0.15) is 17.4 Å². The van der Waals surface area contributed by atoms with Crippen LogP contribution in [-0.4, -0.2) is 9.55 Å². The molecule has 0 radical (unpaired) electrons. The van der Waals surface area contributed by atoms with E-state index in [4.69, 9.17) is 16.6 Å². The van der Waals surface area contributed by atoms with Crippen LogP contribution in [0.5, 0.6) is 0 Å². The molecule has 21 heavy (non-hydrogen) atoms. The van der Waals surface area contributed by atoms with E-state index in [0.717, 1.165) is 34.5 Å². The highest BCUT2D eigenvalue weighted by Gasteiger charge is 2.27. The summed E-state index contributed by atoms with van der Waals surface area (Å²) in [7, 11) is 0. The third-order valence-corrected chi connectivity index (χ3v) is 4.33. The van der Waals surface area contributed by atoms with Gasteiger partial charge in [0.2, 0.25) is 0 Å². The fourth-order valence-corrected chi connectivity index (χ4v) is 3.24. The Hall–Kier alpha value is -2.20. The highest BCUT2D eigenvalue weighted by molar-refractivity contribution is 6.35. The molecule has 4 nitrogen and oxygen atoms in total. The van der Waals surface area contributed by atoms with Crippen LogP contribution in [0.1, 0.15) is 18.0 Å². The molecule has 0 N–H and O–H groups in total. The summed E-state index contributed by atoms with van der Waals surface area (Å²) in [5.41, 5.74) is 3.66. The van der Waals surface area contributed by atoms with Crippen molar-refractivity contribution in [2.75, 3.05) is 0 Å². The number of benzene rings is 2. The van der Waals surface area contributed by atoms with Crippen LogP contribution in [0.25, 0.3) is 22.4 Å². The molecule has 2 aromatic carbocycles. The van der Waals surface area contributed by atoms with Crippen molar-refractivity contribution in [3.8, 4) is 11.4 Å². The van der Waals surface area contributed by atoms with E-state index in [-0.39, 0.29) is 6.04 Å². The van der Waals surface area contributed by atoms with E-state index >= 15 is 0 Å². The predicted octanol–water partition coefficient (Wildman–Crippen LogP) is 4.57. The Bertz CT molecular complexity index is 842. The van der Waals surface area contributed by atoms with Crippen LogP contribution in [0, 0.1) is 4.91 Å². The molecule has 1 aliphatic rings. The lowest BCUT2D eigenvalue weighted by Gasteiger charge is -2.20. The van der Waals surface area contributed by atoms with E-state index in [1.807, 2.05) is 36.4 Å². The maximum absolute atomic E-state index is 11.1. The zero-order chi connectivity index (χ0) is 14.4. The molecule has 0 bridgehead atoms. The van der Waals surface area contributed by atoms with Gasteiger partial charge in [-0.15, -0.1) is 0 Å². The number of hydrogen-bond acceptors (Lipinski definition) is 3. The molecule has 1 unspecified atom stereocenters. The van der Waals surface area contributed by atoms with Gasteiger partial charge in [-0.1, -0.05) is 53.2 Å². The van der Waals surface area contributed by atoms with Gasteiger partial charge in [-0.05, 0) is 12.5 Å². The first-order valence-corrected chi connectivity index (χ1v) is 7.24. The summed E-state index contributed by atoms with van der Waals surface area (Å²) >= 11 is 6.29. The fraction of sp³-hybridized carbons (Fsp3) is 0.188. The standard InChI is InChI=1S/C16H12ClN3O/c17-12-7-6-11-13(19-21)8-9-20-15(11)14(12)18-16(20)10-4-2-1-3-5-10/h1-7,13H,8-9H2. The molecule has 104 valence electrons. The summed E-state index contributed by atoms with van der Waals surface area (Å²) < 4.78 is 2.15. The van der Waals surface area contributed by atoms with Gasteiger partial charge in [0.25, 0.3) is 0 Å². The molecule has 1 aromatic heterocycles. The van der Waals surface area contributed by atoms with E-state index < -0.39 is 0 Å². The van der Waals surface area contributed by atoms with Gasteiger partial charge in [0.15, 0.2) is 0 Å². The maximum Gasteiger partial charge on any atom is 0.141 e. The summed E-state index contributed by atoms with van der Waals surface area (Å²) in [5.74, 6) is 0.893. The van der Waals surface area contributed by atoms with Gasteiger partial charge in [-0.2, -0.15) is 4.91 Å². The molecule has 5 heteroatoms. The minimum atomic E-state index is -0.308. The Kier molecular flexibility index (Phi) is 2.79. The van der Waals surface area contributed by atoms with Crippen molar-refractivity contribution in [2.45, 2.75) is 19.0 Å². The quantitative estimate of drug-likeness (QED) is 0.651. The minimum Gasteiger partial charge on any atom is -0.324 e. The number of aromatic nitrogens is 2. The second-order valence-corrected chi connectivity index (χ2v) is 5.60. The van der Waals surface area contributed by atoms with Crippen molar-refractivity contribution < 1.29 is 0 Å². The Morgan fingerprint density at radius 1 is 1.19 bits per heavy atom. The topological polar surface area (TPSA) is 47.2 Å². The zero-order valence-electron chi connectivity index (χ0n) is 11.2. The first-order valence-electron chi connectivity index (χ1n) is 6.86. The van der Waals surface area contributed by atoms with Gasteiger partial charge in [-0.3, -0.25) is 0 Å². The molecule has 4 rings (SSSR count). The fourth-order valence-electron chi connectivity index (χ4n) is 3.04. The smallest absolute Gasteiger partial charge is 0.141 e. The summed E-state index contributed by atoms with van der Waals surface area (Å²) in [6.07, 6.45) is 0.698. The second-order valence-electron chi connectivity index (χ2n) is 5.20. The average molecular weight is 298 g/mol. The normalized spacial score (nSPS) is 17.1. The molecule has 0 saturated heterocycles. The van der Waals surface area contributed by atoms with Crippen molar-refractivity contribution in [2.24, 2.45) is 5.18 Å². The van der Waals surface area contributed by atoms with Crippen LogP contribution in [0.2, 0.25) is 5.02 Å². The largest absolute Gasteiger partial charge is 0.324 e. The van der Waals surface area contributed by atoms with Crippen LogP contribution in [0.3, 0.4) is 0 Å². The third-order valence-electron chi connectivity index (χ3n) is 4.02. The van der Waals surface area contributed by atoms with E-state index in [1.165, 1.54) is 0 Å². The number of hydrogen-bond donors (Lipinski definition) is 0.